The Morgan fingerprint density at radius 2 is 1.85 bits per heavy atom. The summed E-state index contributed by atoms with van der Waals surface area (Å²) in [6.07, 6.45) is 1.37. The Morgan fingerprint density at radius 1 is 1.07 bits per heavy atom. The van der Waals surface area contributed by atoms with Crippen LogP contribution >= 0.6 is 0 Å². The smallest absolute Gasteiger partial charge is 0.343 e. The molecule has 41 heavy (non-hydrogen) atoms. The molecule has 0 bridgehead atoms. The van der Waals surface area contributed by atoms with Crippen molar-refractivity contribution in [2.75, 3.05) is 12.3 Å². The van der Waals surface area contributed by atoms with Crippen LogP contribution in [0.3, 0.4) is 0 Å². The topological polar surface area (TPSA) is 173 Å². The molecule has 0 aliphatic rings. The molecule has 0 fully saturated rings. The van der Waals surface area contributed by atoms with Gasteiger partial charge in [-0.15, -0.1) is 5.10 Å². The maximum Gasteiger partial charge on any atom is 0.343 e. The van der Waals surface area contributed by atoms with Crippen LogP contribution in [0.4, 0.5) is 10.2 Å². The summed E-state index contributed by atoms with van der Waals surface area (Å²) in [6.45, 7) is 2.06. The second kappa shape index (κ2) is 11.9. The highest BCUT2D eigenvalue weighted by Crippen LogP contribution is 2.29. The lowest BCUT2D eigenvalue weighted by Crippen LogP contribution is -2.22. The first-order chi connectivity index (χ1) is 19.9. The third-order valence-corrected chi connectivity index (χ3v) is 5.56. The third kappa shape index (κ3) is 5.90. The van der Waals surface area contributed by atoms with E-state index in [1.54, 1.807) is 43.3 Å². The van der Waals surface area contributed by atoms with Gasteiger partial charge in [-0.2, -0.15) is 9.78 Å². The largest absolute Gasteiger partial charge is 0.490 e. The van der Waals surface area contributed by atoms with Gasteiger partial charge in [-0.1, -0.05) is 35.5 Å². The van der Waals surface area contributed by atoms with Crippen molar-refractivity contribution in [3.05, 3.63) is 95.4 Å². The van der Waals surface area contributed by atoms with Gasteiger partial charge in [-0.25, -0.2) is 19.2 Å². The van der Waals surface area contributed by atoms with Crippen LogP contribution in [-0.4, -0.2) is 50.0 Å². The van der Waals surface area contributed by atoms with Gasteiger partial charge < -0.3 is 15.2 Å². The van der Waals surface area contributed by atoms with E-state index in [0.29, 0.717) is 11.1 Å². The first-order valence-corrected chi connectivity index (χ1v) is 12.1. The number of hydrogen-bond acceptors (Lipinski definition) is 11. The number of anilines is 1. The van der Waals surface area contributed by atoms with Gasteiger partial charge in [0.25, 0.3) is 5.91 Å². The molecule has 0 atom stereocenters. The van der Waals surface area contributed by atoms with Crippen LogP contribution in [0.25, 0.3) is 17.1 Å². The zero-order valence-corrected chi connectivity index (χ0v) is 21.4. The molecule has 14 heteroatoms. The second-order valence-corrected chi connectivity index (χ2v) is 8.27. The minimum atomic E-state index is -0.679. The lowest BCUT2D eigenvalue weighted by Gasteiger charge is -2.11. The number of nitrogens with two attached hydrogens (primary N) is 1. The summed E-state index contributed by atoms with van der Waals surface area (Å²) in [5, 5.41) is 19.4. The van der Waals surface area contributed by atoms with Crippen LogP contribution < -0.4 is 20.6 Å². The molecule has 13 nitrogen and oxygen atoms in total. The van der Waals surface area contributed by atoms with E-state index in [-0.39, 0.29) is 46.7 Å². The third-order valence-electron chi connectivity index (χ3n) is 5.56. The highest BCUT2D eigenvalue weighted by Gasteiger charge is 2.26. The molecule has 0 aliphatic heterocycles. The first-order valence-electron chi connectivity index (χ1n) is 12.1. The Labute approximate surface area is 231 Å². The molecule has 5 aromatic rings. The van der Waals surface area contributed by atoms with E-state index in [9.17, 15) is 14.0 Å². The summed E-state index contributed by atoms with van der Waals surface area (Å²) in [5.74, 6) is -1.49. The van der Waals surface area contributed by atoms with Gasteiger partial charge in [0, 0.05) is 5.56 Å². The van der Waals surface area contributed by atoms with Gasteiger partial charge in [-0.05, 0) is 65.3 Å². The number of carbonyl (C=O) groups excluding carboxylic acids is 2. The normalized spacial score (nSPS) is 11.0. The van der Waals surface area contributed by atoms with Crippen molar-refractivity contribution in [1.29, 1.82) is 0 Å². The van der Waals surface area contributed by atoms with Gasteiger partial charge in [0.05, 0.1) is 18.4 Å². The van der Waals surface area contributed by atoms with E-state index in [4.69, 9.17) is 15.2 Å². The summed E-state index contributed by atoms with van der Waals surface area (Å²) < 4.78 is 30.0. The maximum absolute atomic E-state index is 13.3. The van der Waals surface area contributed by atoms with Crippen molar-refractivity contribution in [1.82, 2.24) is 30.7 Å². The number of aromatic nitrogens is 5. The van der Waals surface area contributed by atoms with Gasteiger partial charge in [0.15, 0.2) is 17.2 Å². The van der Waals surface area contributed by atoms with Crippen molar-refractivity contribution in [3.63, 3.8) is 0 Å². The summed E-state index contributed by atoms with van der Waals surface area (Å²) in [4.78, 5) is 25.7. The van der Waals surface area contributed by atoms with E-state index >= 15 is 0 Å². The number of ether oxygens (including phenoxy) is 2. The predicted octanol–water partition coefficient (Wildman–Crippen LogP) is 3.42. The molecule has 1 amide bonds. The minimum absolute atomic E-state index is 0.00573. The van der Waals surface area contributed by atoms with Gasteiger partial charge in [0.1, 0.15) is 11.5 Å². The molecule has 3 N–H and O–H groups in total. The average Bonchev–Trinajstić information content (AvgIpc) is 3.61. The van der Waals surface area contributed by atoms with E-state index < -0.39 is 17.7 Å². The monoisotopic (exact) mass is 556 g/mol. The number of halogens is 1. The summed E-state index contributed by atoms with van der Waals surface area (Å²) >= 11 is 0. The van der Waals surface area contributed by atoms with Crippen molar-refractivity contribution in [3.8, 4) is 28.6 Å². The minimum Gasteiger partial charge on any atom is -0.490 e. The zero-order valence-electron chi connectivity index (χ0n) is 21.4. The first kappa shape index (κ1) is 26.7. The predicted molar refractivity (Wildman–Crippen MR) is 143 cm³/mol. The fraction of sp³-hybridized carbons (Fsp3) is 0.0741. The number of esters is 1. The van der Waals surface area contributed by atoms with Crippen molar-refractivity contribution in [2.45, 2.75) is 6.92 Å². The lowest BCUT2D eigenvalue weighted by molar-refractivity contribution is 0.0728. The average molecular weight is 557 g/mol. The molecule has 0 aliphatic carbocycles. The number of nitrogens with zero attached hydrogens (tertiary/aromatic N) is 6. The summed E-state index contributed by atoms with van der Waals surface area (Å²) in [5.41, 5.74) is 9.82. The fourth-order valence-electron chi connectivity index (χ4n) is 3.68. The molecule has 0 spiro atoms. The van der Waals surface area contributed by atoms with Crippen LogP contribution in [0.2, 0.25) is 0 Å². The molecule has 2 aromatic heterocycles. The van der Waals surface area contributed by atoms with Gasteiger partial charge >= 0.3 is 5.97 Å². The number of nitrogens with one attached hydrogen (secondary N) is 1. The number of hydrazone groups is 1. The number of amides is 1. The van der Waals surface area contributed by atoms with Gasteiger partial charge in [0.2, 0.25) is 11.6 Å². The molecule has 3 aromatic carbocycles. The molecule has 206 valence electrons. The van der Waals surface area contributed by atoms with Crippen LogP contribution in [0.1, 0.15) is 33.3 Å². The molecule has 0 saturated carbocycles. The molecule has 0 unspecified atom stereocenters. The highest BCUT2D eigenvalue weighted by molar-refractivity contribution is 5.99. The standard InChI is InChI=1S/C27H21FN8O5/c1-2-39-21-14-16(8-13-20(21)40-27(38)18-9-11-19(28)12-10-18)15-30-32-26(37)23-22(17-6-4-3-5-7-17)31-35-36(23)25-24(29)33-41-34-25/h3-15H,2H2,1H3,(H2,29,33)(H,32,37)/b30-15-. The summed E-state index contributed by atoms with van der Waals surface area (Å²) in [6, 6.07) is 18.6. The van der Waals surface area contributed by atoms with Crippen molar-refractivity contribution >= 4 is 23.9 Å². The quantitative estimate of drug-likeness (QED) is 0.119. The molecule has 5 rings (SSSR count). The molecular formula is C27H21FN8O5. The van der Waals surface area contributed by atoms with E-state index in [0.717, 1.165) is 16.8 Å². The maximum atomic E-state index is 13.3. The van der Waals surface area contributed by atoms with Crippen LogP contribution in [-0.2, 0) is 0 Å². The van der Waals surface area contributed by atoms with Crippen molar-refractivity contribution in [2.24, 2.45) is 5.10 Å². The van der Waals surface area contributed by atoms with Crippen LogP contribution in [0.15, 0.2) is 82.5 Å². The number of benzene rings is 3. The molecular weight excluding hydrogens is 535 g/mol. The Balaban J connectivity index is 1.36. The molecule has 2 heterocycles. The Morgan fingerprint density at radius 3 is 2.56 bits per heavy atom. The van der Waals surface area contributed by atoms with E-state index in [1.807, 2.05) is 6.07 Å². The van der Waals surface area contributed by atoms with Crippen LogP contribution in [0.5, 0.6) is 11.5 Å². The molecule has 0 saturated heterocycles. The Kier molecular flexibility index (Phi) is 7.72. The SMILES string of the molecule is CCOc1cc(/C=N\NC(=O)c2c(-c3ccccc3)nnn2-c2nonc2N)ccc1OC(=O)c1ccc(F)cc1. The fourth-order valence-corrected chi connectivity index (χ4v) is 3.68. The van der Waals surface area contributed by atoms with E-state index in [2.05, 4.69) is 35.8 Å². The number of carbonyl (C=O) groups is 2. The lowest BCUT2D eigenvalue weighted by atomic mass is 10.1. The highest BCUT2D eigenvalue weighted by atomic mass is 19.1. The van der Waals surface area contributed by atoms with Gasteiger partial charge in [-0.3, -0.25) is 4.79 Å². The van der Waals surface area contributed by atoms with Crippen molar-refractivity contribution < 1.29 is 28.1 Å². The Bertz CT molecular complexity index is 1720. The summed E-state index contributed by atoms with van der Waals surface area (Å²) in [7, 11) is 0. The zero-order chi connectivity index (χ0) is 28.8. The second-order valence-electron chi connectivity index (χ2n) is 8.27. The van der Waals surface area contributed by atoms with Crippen LogP contribution in [0, 0.1) is 5.82 Å². The number of nitrogen functional groups attached to an aromatic ring is 1. The molecule has 0 radical (unpaired) electrons. The number of rotatable bonds is 9. The Hall–Kier alpha value is -5.92. The number of hydrogen-bond donors (Lipinski definition) is 2. The van der Waals surface area contributed by atoms with E-state index in [1.165, 1.54) is 24.4 Å².